The maximum Gasteiger partial charge on any atom is 0.259 e. The molecule has 1 aromatic heterocycles. The summed E-state index contributed by atoms with van der Waals surface area (Å²) < 4.78 is 13.0. The molecule has 41 heavy (non-hydrogen) atoms. The van der Waals surface area contributed by atoms with Crippen molar-refractivity contribution < 1.29 is 29.6 Å². The molecule has 2 aromatic carbocycles. The van der Waals surface area contributed by atoms with Crippen LogP contribution in [0.1, 0.15) is 24.4 Å². The Balaban J connectivity index is 1.53. The second-order valence-corrected chi connectivity index (χ2v) is 11.2. The minimum absolute atomic E-state index is 0.228. The molecule has 3 aromatic rings. The molecule has 0 spiro atoms. The van der Waals surface area contributed by atoms with E-state index in [1.54, 1.807) is 24.4 Å². The van der Waals surface area contributed by atoms with Gasteiger partial charge in [0.25, 0.3) is 5.91 Å². The summed E-state index contributed by atoms with van der Waals surface area (Å²) in [6.45, 7) is -0.603. The lowest BCUT2D eigenvalue weighted by Crippen LogP contribution is -2.64. The summed E-state index contributed by atoms with van der Waals surface area (Å²) in [5.74, 6) is -0.605. The van der Waals surface area contributed by atoms with Gasteiger partial charge < -0.3 is 29.7 Å². The molecule has 2 heterocycles. The number of aliphatic hydroxyl groups is 3. The summed E-state index contributed by atoms with van der Waals surface area (Å²) >= 11 is 18.5. The van der Waals surface area contributed by atoms with Crippen LogP contribution in [0.15, 0.2) is 42.6 Å². The number of anilines is 1. The lowest BCUT2D eigenvalue weighted by molar-refractivity contribution is -0.211. The van der Waals surface area contributed by atoms with Crippen LogP contribution in [0.5, 0.6) is 0 Å². The third-order valence-electron chi connectivity index (χ3n) is 7.48. The normalized spacial score (nSPS) is 27.6. The maximum atomic E-state index is 14.2. The summed E-state index contributed by atoms with van der Waals surface area (Å²) in [5.41, 5.74) is 1.56. The molecule has 14 heteroatoms. The van der Waals surface area contributed by atoms with E-state index in [0.717, 1.165) is 0 Å². The Hall–Kier alpha value is -2.79. The molecular formula is C27H26Cl3N5O6. The standard InChI is InChI=1S/C27H26Cl3N5O6/c1-40-25-23(34-11-19(32-33-34)14-2-3-17(29)18(30)8-14)24(38)22(12-36)41-26(25)27(39)35(20-4-5-21(20)37)16-7-13(10-31)6-15(28)9-16/h2-3,6-9,11,20-26,36-38H,4-5,12H2,1H3/t20-,21-,22?,23?,24?,25?,26?/m0/s1. The second-order valence-electron chi connectivity index (χ2n) is 9.90. The Kier molecular flexibility index (Phi) is 8.84. The van der Waals surface area contributed by atoms with Gasteiger partial charge in [-0.05, 0) is 43.2 Å². The zero-order chi connectivity index (χ0) is 29.4. The molecule has 1 saturated heterocycles. The number of methoxy groups -OCH3 is 1. The van der Waals surface area contributed by atoms with Gasteiger partial charge in [0.05, 0.1) is 46.6 Å². The molecule has 7 atom stereocenters. The van der Waals surface area contributed by atoms with Crippen LogP contribution >= 0.6 is 34.8 Å². The fourth-order valence-corrected chi connectivity index (χ4v) is 5.76. The van der Waals surface area contributed by atoms with Crippen LogP contribution in [0.4, 0.5) is 5.69 Å². The minimum Gasteiger partial charge on any atom is -0.394 e. The van der Waals surface area contributed by atoms with Crippen molar-refractivity contribution in [3.05, 3.63) is 63.2 Å². The van der Waals surface area contributed by atoms with Crippen LogP contribution in [-0.2, 0) is 14.3 Å². The SMILES string of the molecule is COC1C(C(=O)N(c2cc(Cl)cc(C#N)c2)[C@H]2CC[C@@H]2O)OC(CO)C(O)C1n1cc(-c2ccc(Cl)c(Cl)c2)nn1. The zero-order valence-corrected chi connectivity index (χ0v) is 23.9. The second kappa shape index (κ2) is 12.2. The largest absolute Gasteiger partial charge is 0.394 e. The van der Waals surface area contributed by atoms with Crippen LogP contribution in [0.25, 0.3) is 11.3 Å². The number of nitriles is 1. The van der Waals surface area contributed by atoms with Gasteiger partial charge in [-0.25, -0.2) is 4.68 Å². The van der Waals surface area contributed by atoms with Crippen LogP contribution in [0.3, 0.4) is 0 Å². The lowest BCUT2D eigenvalue weighted by Gasteiger charge is -2.47. The quantitative estimate of drug-likeness (QED) is 0.361. The first kappa shape index (κ1) is 29.7. The molecule has 5 rings (SSSR count). The Labute approximate surface area is 250 Å². The van der Waals surface area contributed by atoms with Crippen molar-refractivity contribution in [2.45, 2.75) is 55.4 Å². The van der Waals surface area contributed by atoms with E-state index in [2.05, 4.69) is 10.3 Å². The molecule has 1 amide bonds. The summed E-state index contributed by atoms with van der Waals surface area (Å²) in [7, 11) is 1.36. The van der Waals surface area contributed by atoms with E-state index < -0.39 is 55.1 Å². The van der Waals surface area contributed by atoms with Gasteiger partial charge in [0.1, 0.15) is 30.0 Å². The average molecular weight is 623 g/mol. The Morgan fingerprint density at radius 2 is 1.98 bits per heavy atom. The molecule has 1 saturated carbocycles. The third kappa shape index (κ3) is 5.67. The van der Waals surface area contributed by atoms with Crippen molar-refractivity contribution in [2.24, 2.45) is 0 Å². The first-order valence-corrected chi connectivity index (χ1v) is 13.9. The number of carbonyl (C=O) groups excluding carboxylic acids is 1. The number of hydrogen-bond donors (Lipinski definition) is 3. The fourth-order valence-electron chi connectivity index (χ4n) is 5.23. The van der Waals surface area contributed by atoms with E-state index in [4.69, 9.17) is 44.3 Å². The van der Waals surface area contributed by atoms with E-state index in [1.807, 2.05) is 6.07 Å². The van der Waals surface area contributed by atoms with Crippen molar-refractivity contribution in [1.29, 1.82) is 5.26 Å². The van der Waals surface area contributed by atoms with Gasteiger partial charge in [-0.1, -0.05) is 46.1 Å². The first-order valence-electron chi connectivity index (χ1n) is 12.7. The number of halogens is 3. The molecule has 2 fully saturated rings. The highest BCUT2D eigenvalue weighted by Crippen LogP contribution is 2.38. The van der Waals surface area contributed by atoms with Gasteiger partial charge in [-0.3, -0.25) is 4.79 Å². The van der Waals surface area contributed by atoms with Gasteiger partial charge in [-0.2, -0.15) is 5.26 Å². The van der Waals surface area contributed by atoms with Crippen molar-refractivity contribution in [1.82, 2.24) is 15.0 Å². The van der Waals surface area contributed by atoms with Gasteiger partial charge in [0.2, 0.25) is 0 Å². The van der Waals surface area contributed by atoms with Gasteiger partial charge in [0, 0.05) is 23.4 Å². The number of aliphatic hydroxyl groups excluding tert-OH is 3. The number of hydrogen-bond acceptors (Lipinski definition) is 9. The number of benzene rings is 2. The Bertz CT molecular complexity index is 1480. The van der Waals surface area contributed by atoms with E-state index >= 15 is 0 Å². The number of ether oxygens (including phenoxy) is 2. The van der Waals surface area contributed by atoms with Gasteiger partial charge in [-0.15, -0.1) is 5.10 Å². The van der Waals surface area contributed by atoms with Crippen LogP contribution in [0, 0.1) is 11.3 Å². The minimum atomic E-state index is -1.35. The highest BCUT2D eigenvalue weighted by Gasteiger charge is 2.52. The lowest BCUT2D eigenvalue weighted by atomic mass is 9.85. The number of nitrogens with zero attached hydrogens (tertiary/aromatic N) is 5. The van der Waals surface area contributed by atoms with Crippen molar-refractivity contribution >= 4 is 46.4 Å². The third-order valence-corrected chi connectivity index (χ3v) is 8.43. The van der Waals surface area contributed by atoms with Crippen molar-refractivity contribution in [3.8, 4) is 17.3 Å². The molecule has 1 aliphatic heterocycles. The van der Waals surface area contributed by atoms with Crippen LogP contribution < -0.4 is 4.90 Å². The summed E-state index contributed by atoms with van der Waals surface area (Å²) in [6, 6.07) is 9.83. The summed E-state index contributed by atoms with van der Waals surface area (Å²) in [4.78, 5) is 15.6. The average Bonchev–Trinajstić information content (AvgIpc) is 3.45. The van der Waals surface area contributed by atoms with Crippen molar-refractivity contribution in [3.63, 3.8) is 0 Å². The molecular weight excluding hydrogens is 597 g/mol. The van der Waals surface area contributed by atoms with Gasteiger partial charge in [0.15, 0.2) is 6.10 Å². The zero-order valence-electron chi connectivity index (χ0n) is 21.6. The Morgan fingerprint density at radius 1 is 1.20 bits per heavy atom. The monoisotopic (exact) mass is 621 g/mol. The smallest absolute Gasteiger partial charge is 0.259 e. The van der Waals surface area contributed by atoms with E-state index in [0.29, 0.717) is 39.8 Å². The topological polar surface area (TPSA) is 154 Å². The number of amides is 1. The number of carbonyl (C=O) groups is 1. The molecule has 0 radical (unpaired) electrons. The van der Waals surface area contributed by atoms with Crippen LogP contribution in [-0.4, -0.2) is 86.5 Å². The molecule has 216 valence electrons. The highest BCUT2D eigenvalue weighted by molar-refractivity contribution is 6.42. The predicted molar refractivity (Wildman–Crippen MR) is 150 cm³/mol. The first-order chi connectivity index (χ1) is 19.7. The van der Waals surface area contributed by atoms with Gasteiger partial charge >= 0.3 is 0 Å². The summed E-state index contributed by atoms with van der Waals surface area (Å²) in [5, 5.41) is 50.6. The number of rotatable bonds is 7. The summed E-state index contributed by atoms with van der Waals surface area (Å²) in [6.07, 6.45) is -3.24. The maximum absolute atomic E-state index is 14.2. The molecule has 1 aliphatic carbocycles. The molecule has 2 aliphatic rings. The van der Waals surface area contributed by atoms with E-state index in [-0.39, 0.29) is 10.6 Å². The van der Waals surface area contributed by atoms with E-state index in [1.165, 1.54) is 34.9 Å². The number of aromatic nitrogens is 3. The predicted octanol–water partition coefficient (Wildman–Crippen LogP) is 3.01. The molecule has 11 nitrogen and oxygen atoms in total. The molecule has 3 N–H and O–H groups in total. The highest BCUT2D eigenvalue weighted by atomic mass is 35.5. The Morgan fingerprint density at radius 3 is 2.59 bits per heavy atom. The van der Waals surface area contributed by atoms with Crippen LogP contribution in [0.2, 0.25) is 15.1 Å². The van der Waals surface area contributed by atoms with Crippen molar-refractivity contribution in [2.75, 3.05) is 18.6 Å². The molecule has 5 unspecified atom stereocenters. The van der Waals surface area contributed by atoms with E-state index in [9.17, 15) is 25.4 Å². The fraction of sp³-hybridized carbons (Fsp3) is 0.407. The molecule has 0 bridgehead atoms.